The second-order valence-corrected chi connectivity index (χ2v) is 5.62. The average Bonchev–Trinajstić information content (AvgIpc) is 2.26. The average molecular weight is 348 g/mol. The van der Waals surface area contributed by atoms with E-state index >= 15 is 0 Å². The van der Waals surface area contributed by atoms with Crippen molar-refractivity contribution >= 4 is 15.6 Å². The van der Waals surface area contributed by atoms with Crippen LogP contribution in [0.1, 0.15) is 18.9 Å². The van der Waals surface area contributed by atoms with Crippen LogP contribution < -0.4 is 0 Å². The van der Waals surface area contributed by atoms with Crippen molar-refractivity contribution in [1.82, 2.24) is 0 Å². The maximum atomic E-state index is 9.35. The summed E-state index contributed by atoms with van der Waals surface area (Å²) in [5, 5.41) is 18.7. The van der Waals surface area contributed by atoms with Gasteiger partial charge in [0.15, 0.2) is 5.79 Å². The molecule has 1 aromatic carbocycles. The Kier molecular flexibility index (Phi) is 10.1. The Morgan fingerprint density at radius 3 is 1.38 bits per heavy atom. The third-order valence-electron chi connectivity index (χ3n) is 1.73. The molecule has 0 saturated carbocycles. The lowest BCUT2D eigenvalue weighted by Crippen LogP contribution is -2.23. The molecular weight excluding hydrogens is 330 g/mol. The zero-order chi connectivity index (χ0) is 17.3. The number of aliphatic hydroxyl groups is 2. The van der Waals surface area contributed by atoms with Crippen LogP contribution in [-0.2, 0) is 14.9 Å². The second-order valence-electron chi connectivity index (χ2n) is 3.56. The molecule has 0 bridgehead atoms. The Morgan fingerprint density at radius 1 is 0.857 bits per heavy atom. The molecular formula is C9H18O10P2. The molecule has 0 amide bonds. The number of rotatable bonds is 2. The van der Waals surface area contributed by atoms with Crippen LogP contribution in [0, 0.1) is 0 Å². The topological polar surface area (TPSA) is 196 Å². The Labute approximate surface area is 120 Å². The van der Waals surface area contributed by atoms with Crippen molar-refractivity contribution in [3.63, 3.8) is 0 Å². The van der Waals surface area contributed by atoms with Crippen molar-refractivity contribution in [2.75, 3.05) is 0 Å². The van der Waals surface area contributed by atoms with Gasteiger partial charge in [-0.15, -0.1) is 0 Å². The summed E-state index contributed by atoms with van der Waals surface area (Å²) in [7, 11) is -9.28. The lowest BCUT2D eigenvalue weighted by Gasteiger charge is -2.19. The number of hydrogen-bond donors (Lipinski definition) is 8. The highest BCUT2D eigenvalue weighted by Gasteiger charge is 2.21. The molecule has 1 aromatic rings. The summed E-state index contributed by atoms with van der Waals surface area (Å²) >= 11 is 0. The van der Waals surface area contributed by atoms with E-state index < -0.39 is 21.4 Å². The van der Waals surface area contributed by atoms with Gasteiger partial charge in [0.05, 0.1) is 0 Å². The van der Waals surface area contributed by atoms with E-state index in [2.05, 4.69) is 0 Å². The van der Waals surface area contributed by atoms with Crippen LogP contribution in [0.4, 0.5) is 0 Å². The zero-order valence-corrected chi connectivity index (χ0v) is 12.7. The molecule has 0 radical (unpaired) electrons. The van der Waals surface area contributed by atoms with Crippen LogP contribution >= 0.6 is 15.6 Å². The first kappa shape index (κ1) is 22.6. The fourth-order valence-corrected chi connectivity index (χ4v) is 0.909. The van der Waals surface area contributed by atoms with E-state index in [0.717, 1.165) is 0 Å². The van der Waals surface area contributed by atoms with Gasteiger partial charge in [-0.05, 0) is 0 Å². The van der Waals surface area contributed by atoms with Crippen molar-refractivity contribution in [1.29, 1.82) is 0 Å². The zero-order valence-electron chi connectivity index (χ0n) is 10.9. The van der Waals surface area contributed by atoms with Gasteiger partial charge in [-0.25, -0.2) is 9.13 Å². The number of benzene rings is 1. The van der Waals surface area contributed by atoms with E-state index in [0.29, 0.717) is 12.0 Å². The summed E-state index contributed by atoms with van der Waals surface area (Å²) < 4.78 is 17.8. The third kappa shape index (κ3) is 21.8. The molecule has 0 atom stereocenters. The van der Waals surface area contributed by atoms with E-state index in [9.17, 15) is 10.2 Å². The summed E-state index contributed by atoms with van der Waals surface area (Å²) in [4.78, 5) is 43.1. The Hall–Kier alpha value is -0.640. The molecule has 0 fully saturated rings. The minimum atomic E-state index is -4.64. The lowest BCUT2D eigenvalue weighted by atomic mass is 10.0. The standard InChI is InChI=1S/C9H12O2.2H3O4P/c1-2-9(10,11)8-6-4-3-5-7-8;2*1-5(2,3)4/h3-7,10-11H,2H2,1H3;2*(H3,1,2,3,4). The lowest BCUT2D eigenvalue weighted by molar-refractivity contribution is -0.171. The maximum Gasteiger partial charge on any atom is 0.466 e. The van der Waals surface area contributed by atoms with Gasteiger partial charge in [-0.3, -0.25) is 0 Å². The van der Waals surface area contributed by atoms with E-state index in [1.807, 2.05) is 6.07 Å². The quantitative estimate of drug-likeness (QED) is 0.252. The van der Waals surface area contributed by atoms with E-state index in [4.69, 9.17) is 38.5 Å². The van der Waals surface area contributed by atoms with Crippen LogP contribution in [0.25, 0.3) is 0 Å². The Morgan fingerprint density at radius 2 is 1.14 bits per heavy atom. The molecule has 1 rings (SSSR count). The first-order chi connectivity index (χ1) is 9.17. The second kappa shape index (κ2) is 9.39. The Bertz CT molecular complexity index is 440. The summed E-state index contributed by atoms with van der Waals surface area (Å²) in [6.07, 6.45) is 0.303. The van der Waals surface area contributed by atoms with Crippen LogP contribution in [0.15, 0.2) is 30.3 Å². The van der Waals surface area contributed by atoms with Gasteiger partial charge >= 0.3 is 15.6 Å². The summed E-state index contributed by atoms with van der Waals surface area (Å²) in [6, 6.07) is 8.81. The molecule has 0 aliphatic rings. The van der Waals surface area contributed by atoms with Crippen LogP contribution in [0.3, 0.4) is 0 Å². The molecule has 0 spiro atoms. The highest BCUT2D eigenvalue weighted by Crippen LogP contribution is 2.26. The van der Waals surface area contributed by atoms with Gasteiger partial charge in [0.25, 0.3) is 0 Å². The van der Waals surface area contributed by atoms with Gasteiger partial charge in [-0.2, -0.15) is 0 Å². The maximum absolute atomic E-state index is 9.35. The molecule has 0 heterocycles. The van der Waals surface area contributed by atoms with Gasteiger partial charge in [0.1, 0.15) is 0 Å². The molecule has 0 unspecified atom stereocenters. The van der Waals surface area contributed by atoms with E-state index in [1.54, 1.807) is 31.2 Å². The minimum absolute atomic E-state index is 0.303. The van der Waals surface area contributed by atoms with Crippen molar-refractivity contribution in [3.05, 3.63) is 35.9 Å². The van der Waals surface area contributed by atoms with Gasteiger partial charge < -0.3 is 39.6 Å². The van der Waals surface area contributed by atoms with Crippen molar-refractivity contribution in [3.8, 4) is 0 Å². The summed E-state index contributed by atoms with van der Waals surface area (Å²) in [5.41, 5.74) is 0.544. The number of phosphoric acid groups is 2. The monoisotopic (exact) mass is 348 g/mol. The molecule has 0 aliphatic heterocycles. The van der Waals surface area contributed by atoms with Gasteiger partial charge in [-0.1, -0.05) is 37.3 Å². The van der Waals surface area contributed by atoms with Gasteiger partial charge in [0, 0.05) is 12.0 Å². The molecule has 124 valence electrons. The van der Waals surface area contributed by atoms with Crippen molar-refractivity contribution in [2.45, 2.75) is 19.1 Å². The molecule has 0 aromatic heterocycles. The molecule has 0 saturated heterocycles. The van der Waals surface area contributed by atoms with E-state index in [-0.39, 0.29) is 0 Å². The van der Waals surface area contributed by atoms with Crippen molar-refractivity contribution < 1.29 is 48.7 Å². The first-order valence-electron chi connectivity index (χ1n) is 5.23. The van der Waals surface area contributed by atoms with Crippen molar-refractivity contribution in [2.24, 2.45) is 0 Å². The third-order valence-corrected chi connectivity index (χ3v) is 1.73. The van der Waals surface area contributed by atoms with Crippen LogP contribution in [0.2, 0.25) is 0 Å². The molecule has 10 nitrogen and oxygen atoms in total. The van der Waals surface area contributed by atoms with Crippen LogP contribution in [0.5, 0.6) is 0 Å². The first-order valence-corrected chi connectivity index (χ1v) is 8.36. The predicted octanol–water partition coefficient (Wildman–Crippen LogP) is -0.623. The normalized spacial score (nSPS) is 11.7. The predicted molar refractivity (Wildman–Crippen MR) is 71.4 cm³/mol. The largest absolute Gasteiger partial charge is 0.466 e. The minimum Gasteiger partial charge on any atom is -0.362 e. The fraction of sp³-hybridized carbons (Fsp3) is 0.333. The van der Waals surface area contributed by atoms with Crippen LogP contribution in [-0.4, -0.2) is 39.6 Å². The molecule has 8 N–H and O–H groups in total. The fourth-order valence-electron chi connectivity index (χ4n) is 0.909. The summed E-state index contributed by atoms with van der Waals surface area (Å²) in [6.45, 7) is 1.73. The smallest absolute Gasteiger partial charge is 0.362 e. The molecule has 21 heavy (non-hydrogen) atoms. The summed E-state index contributed by atoms with van der Waals surface area (Å²) in [5.74, 6) is -1.67. The highest BCUT2D eigenvalue weighted by atomic mass is 31.2. The number of hydrogen-bond acceptors (Lipinski definition) is 4. The van der Waals surface area contributed by atoms with E-state index in [1.165, 1.54) is 0 Å². The Balaban J connectivity index is 0. The SMILES string of the molecule is CCC(O)(O)c1ccccc1.O=P(O)(O)O.O=P(O)(O)O. The molecule has 12 heteroatoms. The highest BCUT2D eigenvalue weighted by molar-refractivity contribution is 7.45. The molecule has 0 aliphatic carbocycles. The van der Waals surface area contributed by atoms with Gasteiger partial charge in [0.2, 0.25) is 0 Å².